The minimum absolute atomic E-state index is 0.551. The van der Waals surface area contributed by atoms with Crippen LogP contribution in [0.3, 0.4) is 0 Å². The molecule has 0 amide bonds. The molecule has 4 aromatic rings. The summed E-state index contributed by atoms with van der Waals surface area (Å²) >= 11 is 1.93. The Morgan fingerprint density at radius 1 is 0.850 bits per heavy atom. The number of fused-ring (bicyclic) bond motifs is 5. The molecule has 0 nitrogen and oxygen atoms in total. The molecule has 0 unspecified atom stereocenters. The fraction of sp³-hybridized carbons (Fsp3) is 0.158. The molecular formula is C19H16S. The molecule has 0 radical (unpaired) electrons. The summed E-state index contributed by atoms with van der Waals surface area (Å²) in [4.78, 5) is 0. The van der Waals surface area contributed by atoms with Crippen molar-refractivity contribution in [2.75, 3.05) is 0 Å². The van der Waals surface area contributed by atoms with Gasteiger partial charge in [-0.3, -0.25) is 0 Å². The zero-order chi connectivity index (χ0) is 13.7. The Balaban J connectivity index is 2.34. The molecule has 0 saturated heterocycles. The molecule has 20 heavy (non-hydrogen) atoms. The van der Waals surface area contributed by atoms with Crippen molar-refractivity contribution in [3.63, 3.8) is 0 Å². The van der Waals surface area contributed by atoms with Crippen LogP contribution in [0, 0.1) is 0 Å². The van der Waals surface area contributed by atoms with Crippen molar-refractivity contribution < 1.29 is 0 Å². The lowest BCUT2D eigenvalue weighted by Crippen LogP contribution is -1.88. The van der Waals surface area contributed by atoms with E-state index < -0.39 is 0 Å². The van der Waals surface area contributed by atoms with Gasteiger partial charge in [0.05, 0.1) is 0 Å². The fourth-order valence-electron chi connectivity index (χ4n) is 3.03. The summed E-state index contributed by atoms with van der Waals surface area (Å²) in [5.74, 6) is 0.551. The highest BCUT2D eigenvalue weighted by Crippen LogP contribution is 2.42. The third-order valence-electron chi connectivity index (χ3n) is 4.02. The quantitative estimate of drug-likeness (QED) is 0.381. The van der Waals surface area contributed by atoms with Gasteiger partial charge < -0.3 is 0 Å². The maximum absolute atomic E-state index is 2.37. The Kier molecular flexibility index (Phi) is 2.58. The largest absolute Gasteiger partial charge is 0.135 e. The minimum Gasteiger partial charge on any atom is -0.135 e. The van der Waals surface area contributed by atoms with E-state index in [1.165, 1.54) is 36.5 Å². The molecule has 3 aromatic carbocycles. The lowest BCUT2D eigenvalue weighted by molar-refractivity contribution is 0.879. The molecule has 0 atom stereocenters. The van der Waals surface area contributed by atoms with E-state index in [1.54, 1.807) is 0 Å². The highest BCUT2D eigenvalue weighted by molar-refractivity contribution is 7.26. The van der Waals surface area contributed by atoms with Gasteiger partial charge in [0.2, 0.25) is 0 Å². The first-order chi connectivity index (χ1) is 9.75. The normalized spacial score (nSPS) is 11.9. The minimum atomic E-state index is 0.551. The van der Waals surface area contributed by atoms with Crippen LogP contribution in [0.5, 0.6) is 0 Å². The van der Waals surface area contributed by atoms with Gasteiger partial charge in [0, 0.05) is 20.2 Å². The third-order valence-corrected chi connectivity index (χ3v) is 5.24. The van der Waals surface area contributed by atoms with Gasteiger partial charge in [0.25, 0.3) is 0 Å². The number of hydrogen-bond acceptors (Lipinski definition) is 1. The van der Waals surface area contributed by atoms with E-state index in [2.05, 4.69) is 68.4 Å². The first kappa shape index (κ1) is 11.9. The van der Waals surface area contributed by atoms with E-state index in [1.807, 2.05) is 11.3 Å². The van der Waals surface area contributed by atoms with Crippen molar-refractivity contribution in [1.82, 2.24) is 0 Å². The monoisotopic (exact) mass is 276 g/mol. The van der Waals surface area contributed by atoms with Crippen LogP contribution >= 0.6 is 11.3 Å². The van der Waals surface area contributed by atoms with E-state index >= 15 is 0 Å². The van der Waals surface area contributed by atoms with Crippen LogP contribution in [0.4, 0.5) is 0 Å². The Bertz CT molecular complexity index is 928. The molecule has 1 heteroatoms. The summed E-state index contributed by atoms with van der Waals surface area (Å²) in [6.45, 7) is 4.57. The van der Waals surface area contributed by atoms with Crippen LogP contribution in [-0.2, 0) is 0 Å². The van der Waals surface area contributed by atoms with E-state index in [9.17, 15) is 0 Å². The van der Waals surface area contributed by atoms with Gasteiger partial charge in [0.1, 0.15) is 0 Å². The summed E-state index contributed by atoms with van der Waals surface area (Å²) < 4.78 is 2.85. The average Bonchev–Trinajstić information content (AvgIpc) is 2.85. The van der Waals surface area contributed by atoms with Gasteiger partial charge in [-0.25, -0.2) is 0 Å². The second-order valence-electron chi connectivity index (χ2n) is 5.64. The van der Waals surface area contributed by atoms with E-state index in [4.69, 9.17) is 0 Å². The topological polar surface area (TPSA) is 0 Å². The molecule has 0 spiro atoms. The van der Waals surface area contributed by atoms with Gasteiger partial charge in [-0.2, -0.15) is 0 Å². The van der Waals surface area contributed by atoms with Gasteiger partial charge in [-0.05, 0) is 34.4 Å². The van der Waals surface area contributed by atoms with E-state index in [0.29, 0.717) is 5.92 Å². The summed E-state index contributed by atoms with van der Waals surface area (Å²) in [6.07, 6.45) is 0. The Labute approximate surface area is 122 Å². The first-order valence-corrected chi connectivity index (χ1v) is 7.90. The van der Waals surface area contributed by atoms with Crippen LogP contribution in [0.25, 0.3) is 30.9 Å². The van der Waals surface area contributed by atoms with Gasteiger partial charge in [-0.1, -0.05) is 56.3 Å². The van der Waals surface area contributed by atoms with Crippen LogP contribution in [0.1, 0.15) is 25.3 Å². The molecule has 0 aliphatic rings. The van der Waals surface area contributed by atoms with Crippen LogP contribution in [0.2, 0.25) is 0 Å². The molecule has 0 N–H and O–H groups in total. The van der Waals surface area contributed by atoms with Crippen molar-refractivity contribution in [3.8, 4) is 0 Å². The van der Waals surface area contributed by atoms with Crippen molar-refractivity contribution in [3.05, 3.63) is 60.2 Å². The summed E-state index contributed by atoms with van der Waals surface area (Å²) in [5, 5.41) is 5.57. The lowest BCUT2D eigenvalue weighted by atomic mass is 9.95. The second kappa shape index (κ2) is 4.32. The zero-order valence-corrected chi connectivity index (χ0v) is 12.5. The molecule has 1 heterocycles. The Morgan fingerprint density at radius 2 is 1.55 bits per heavy atom. The highest BCUT2D eigenvalue weighted by Gasteiger charge is 2.14. The maximum atomic E-state index is 2.37. The lowest BCUT2D eigenvalue weighted by Gasteiger charge is -2.10. The maximum Gasteiger partial charge on any atom is 0.0396 e. The standard InChI is InChI=1S/C19H16S/c1-12(2)16-11-13-7-3-4-8-14(13)18-15-9-5-6-10-17(15)20-19(16)18/h3-12H,1-2H3. The summed E-state index contributed by atoms with van der Waals surface area (Å²) in [6, 6.07) is 19.9. The van der Waals surface area contributed by atoms with Gasteiger partial charge in [-0.15, -0.1) is 11.3 Å². The molecule has 0 aliphatic carbocycles. The van der Waals surface area contributed by atoms with E-state index in [-0.39, 0.29) is 0 Å². The molecule has 0 fully saturated rings. The summed E-state index contributed by atoms with van der Waals surface area (Å²) in [5.41, 5.74) is 1.47. The zero-order valence-electron chi connectivity index (χ0n) is 11.7. The fourth-order valence-corrected chi connectivity index (χ4v) is 4.41. The Morgan fingerprint density at radius 3 is 2.35 bits per heavy atom. The molecular weight excluding hydrogens is 260 g/mol. The molecule has 0 bridgehead atoms. The molecule has 4 rings (SSSR count). The van der Waals surface area contributed by atoms with Crippen molar-refractivity contribution in [1.29, 1.82) is 0 Å². The van der Waals surface area contributed by atoms with Crippen LogP contribution in [-0.4, -0.2) is 0 Å². The van der Waals surface area contributed by atoms with Crippen LogP contribution < -0.4 is 0 Å². The van der Waals surface area contributed by atoms with Crippen molar-refractivity contribution in [2.24, 2.45) is 0 Å². The molecule has 0 saturated carbocycles. The molecule has 0 aliphatic heterocycles. The second-order valence-corrected chi connectivity index (χ2v) is 6.70. The number of benzene rings is 3. The van der Waals surface area contributed by atoms with Gasteiger partial charge in [0.15, 0.2) is 0 Å². The van der Waals surface area contributed by atoms with E-state index in [0.717, 1.165) is 0 Å². The highest BCUT2D eigenvalue weighted by atomic mass is 32.1. The molecule has 1 aromatic heterocycles. The Hall–Kier alpha value is -1.86. The number of thiophene rings is 1. The number of hydrogen-bond donors (Lipinski definition) is 0. The predicted molar refractivity (Wildman–Crippen MR) is 90.9 cm³/mol. The first-order valence-electron chi connectivity index (χ1n) is 7.08. The predicted octanol–water partition coefficient (Wildman–Crippen LogP) is 6.33. The van der Waals surface area contributed by atoms with Crippen molar-refractivity contribution in [2.45, 2.75) is 19.8 Å². The summed E-state index contributed by atoms with van der Waals surface area (Å²) in [7, 11) is 0. The number of rotatable bonds is 1. The molecule has 98 valence electrons. The average molecular weight is 276 g/mol. The van der Waals surface area contributed by atoms with Crippen LogP contribution in [0.15, 0.2) is 54.6 Å². The van der Waals surface area contributed by atoms with Gasteiger partial charge >= 0.3 is 0 Å². The third kappa shape index (κ3) is 1.60. The SMILES string of the molecule is CC(C)c1cc2ccccc2c2c1sc1ccccc12. The van der Waals surface area contributed by atoms with Crippen molar-refractivity contribution >= 4 is 42.3 Å². The smallest absolute Gasteiger partial charge is 0.0396 e.